The number of sulfonamides is 1. The highest BCUT2D eigenvalue weighted by Crippen LogP contribution is 2.23. The van der Waals surface area contributed by atoms with Gasteiger partial charge < -0.3 is 10.4 Å². The molecule has 0 bridgehead atoms. The number of anilines is 1. The van der Waals surface area contributed by atoms with Crippen LogP contribution in [-0.2, 0) is 10.0 Å². The molecule has 1 heterocycles. The Morgan fingerprint density at radius 2 is 2.12 bits per heavy atom. The van der Waals surface area contributed by atoms with Crippen molar-refractivity contribution in [2.75, 3.05) is 29.7 Å². The Morgan fingerprint density at radius 1 is 1.31 bits per heavy atom. The topological polar surface area (TPSA) is 69.6 Å². The zero-order valence-corrected chi connectivity index (χ0v) is 9.57. The highest BCUT2D eigenvalue weighted by atomic mass is 32.2. The molecule has 0 atom stereocenters. The Morgan fingerprint density at radius 3 is 2.88 bits per heavy atom. The Kier molecular flexibility index (Phi) is 3.02. The molecule has 1 saturated heterocycles. The number of benzene rings is 1. The van der Waals surface area contributed by atoms with Crippen LogP contribution in [0.25, 0.3) is 0 Å². The van der Waals surface area contributed by atoms with Crippen LogP contribution in [0.4, 0.5) is 5.69 Å². The number of nitrogens with one attached hydrogen (secondary N) is 1. The number of hydrogen-bond donors (Lipinski definition) is 2. The van der Waals surface area contributed by atoms with E-state index in [1.807, 2.05) is 0 Å². The highest BCUT2D eigenvalue weighted by molar-refractivity contribution is 7.92. The minimum Gasteiger partial charge on any atom is -0.508 e. The number of nitrogens with zero attached hydrogens (tertiary/aromatic N) is 1. The quantitative estimate of drug-likeness (QED) is 0.734. The second-order valence-electron chi connectivity index (χ2n) is 3.66. The van der Waals surface area contributed by atoms with E-state index in [4.69, 9.17) is 0 Å². The highest BCUT2D eigenvalue weighted by Gasteiger charge is 2.24. The molecule has 1 aliphatic heterocycles. The monoisotopic (exact) mass is 242 g/mol. The van der Waals surface area contributed by atoms with Crippen LogP contribution < -0.4 is 9.62 Å². The number of phenols is 1. The van der Waals surface area contributed by atoms with Gasteiger partial charge >= 0.3 is 0 Å². The van der Waals surface area contributed by atoms with Crippen molar-refractivity contribution in [1.82, 2.24) is 5.32 Å². The van der Waals surface area contributed by atoms with E-state index in [0.717, 1.165) is 0 Å². The Bertz CT molecular complexity index is 473. The summed E-state index contributed by atoms with van der Waals surface area (Å²) in [6.07, 6.45) is 0. The van der Waals surface area contributed by atoms with E-state index >= 15 is 0 Å². The van der Waals surface area contributed by atoms with Crippen molar-refractivity contribution in [3.63, 3.8) is 0 Å². The van der Waals surface area contributed by atoms with Gasteiger partial charge in [-0.05, 0) is 12.1 Å². The molecule has 1 aromatic carbocycles. The number of rotatable bonds is 1. The first-order chi connectivity index (χ1) is 7.59. The molecule has 6 heteroatoms. The molecule has 0 amide bonds. The minimum absolute atomic E-state index is 0.0740. The van der Waals surface area contributed by atoms with Crippen molar-refractivity contribution >= 4 is 15.7 Å². The molecule has 0 aliphatic carbocycles. The Balaban J connectivity index is 2.37. The predicted octanol–water partition coefficient (Wildman–Crippen LogP) is 0.132. The lowest BCUT2D eigenvalue weighted by atomic mass is 10.3. The van der Waals surface area contributed by atoms with E-state index in [1.54, 1.807) is 12.1 Å². The molecule has 5 nitrogen and oxygen atoms in total. The van der Waals surface area contributed by atoms with E-state index < -0.39 is 10.0 Å². The predicted molar refractivity (Wildman–Crippen MR) is 62.1 cm³/mol. The van der Waals surface area contributed by atoms with Gasteiger partial charge in [-0.2, -0.15) is 0 Å². The molecule has 0 spiro atoms. The molecule has 2 rings (SSSR count). The summed E-state index contributed by atoms with van der Waals surface area (Å²) in [5.41, 5.74) is 0.517. The van der Waals surface area contributed by atoms with Gasteiger partial charge in [0.15, 0.2) is 0 Å². The number of hydrogen-bond acceptors (Lipinski definition) is 4. The summed E-state index contributed by atoms with van der Waals surface area (Å²) < 4.78 is 25.2. The first-order valence-electron chi connectivity index (χ1n) is 5.10. The zero-order valence-electron chi connectivity index (χ0n) is 8.76. The van der Waals surface area contributed by atoms with Crippen molar-refractivity contribution < 1.29 is 13.5 Å². The fraction of sp³-hybridized carbons (Fsp3) is 0.400. The van der Waals surface area contributed by atoms with Gasteiger partial charge in [0.05, 0.1) is 11.4 Å². The average Bonchev–Trinajstić information content (AvgIpc) is 2.39. The van der Waals surface area contributed by atoms with Crippen molar-refractivity contribution in [3.05, 3.63) is 24.3 Å². The summed E-state index contributed by atoms with van der Waals surface area (Å²) in [5.74, 6) is 0.160. The lowest BCUT2D eigenvalue weighted by Gasteiger charge is -2.21. The summed E-state index contributed by atoms with van der Waals surface area (Å²) in [5, 5.41) is 12.4. The van der Waals surface area contributed by atoms with E-state index in [9.17, 15) is 13.5 Å². The van der Waals surface area contributed by atoms with Gasteiger partial charge in [0.2, 0.25) is 10.0 Å². The van der Waals surface area contributed by atoms with Gasteiger partial charge in [-0.25, -0.2) is 8.42 Å². The largest absolute Gasteiger partial charge is 0.508 e. The summed E-state index contributed by atoms with van der Waals surface area (Å²) in [4.78, 5) is 0. The van der Waals surface area contributed by atoms with Gasteiger partial charge in [-0.3, -0.25) is 4.31 Å². The number of aromatic hydroxyl groups is 1. The Labute approximate surface area is 94.8 Å². The maximum Gasteiger partial charge on any atom is 0.236 e. The van der Waals surface area contributed by atoms with E-state index in [2.05, 4.69) is 5.32 Å². The van der Waals surface area contributed by atoms with Gasteiger partial charge in [-0.15, -0.1) is 0 Å². The normalized spacial score (nSPS) is 20.4. The first-order valence-corrected chi connectivity index (χ1v) is 6.71. The molecular weight excluding hydrogens is 228 g/mol. The third-order valence-electron chi connectivity index (χ3n) is 2.48. The Hall–Kier alpha value is -1.27. The molecule has 88 valence electrons. The molecule has 1 aromatic rings. The van der Waals surface area contributed by atoms with Crippen LogP contribution >= 0.6 is 0 Å². The lowest BCUT2D eigenvalue weighted by molar-refractivity contribution is 0.475. The van der Waals surface area contributed by atoms with Gasteiger partial charge in [0.1, 0.15) is 5.75 Å². The summed E-state index contributed by atoms with van der Waals surface area (Å²) in [6, 6.07) is 6.30. The smallest absolute Gasteiger partial charge is 0.236 e. The van der Waals surface area contributed by atoms with E-state index in [0.29, 0.717) is 25.3 Å². The molecule has 0 unspecified atom stereocenters. The van der Waals surface area contributed by atoms with Crippen LogP contribution in [0.15, 0.2) is 24.3 Å². The molecule has 16 heavy (non-hydrogen) atoms. The van der Waals surface area contributed by atoms with Crippen molar-refractivity contribution in [2.24, 2.45) is 0 Å². The van der Waals surface area contributed by atoms with E-state index in [-0.39, 0.29) is 11.5 Å². The average molecular weight is 242 g/mol. The number of phenolic OH excluding ortho intramolecular Hbond substituents is 1. The van der Waals surface area contributed by atoms with Crippen molar-refractivity contribution in [3.8, 4) is 5.75 Å². The molecule has 0 aromatic heterocycles. The van der Waals surface area contributed by atoms with Gasteiger partial charge in [-0.1, -0.05) is 6.07 Å². The summed E-state index contributed by atoms with van der Waals surface area (Å²) in [7, 11) is -3.27. The first kappa shape index (κ1) is 11.2. The second kappa shape index (κ2) is 4.31. The standard InChI is InChI=1S/C10H14N2O3S/c13-10-3-1-2-9(8-10)12-6-4-11-5-7-16(12,14)15/h1-3,8,11,13H,4-7H2. The van der Waals surface area contributed by atoms with Crippen LogP contribution in [0.3, 0.4) is 0 Å². The fourth-order valence-electron chi connectivity index (χ4n) is 1.69. The maximum absolute atomic E-state index is 11.9. The molecule has 0 saturated carbocycles. The molecule has 2 N–H and O–H groups in total. The summed E-state index contributed by atoms with van der Waals surface area (Å²) >= 11 is 0. The van der Waals surface area contributed by atoms with Crippen LogP contribution in [-0.4, -0.2) is 38.9 Å². The van der Waals surface area contributed by atoms with E-state index in [1.165, 1.54) is 16.4 Å². The molecule has 1 aliphatic rings. The van der Waals surface area contributed by atoms with Crippen molar-refractivity contribution in [2.45, 2.75) is 0 Å². The van der Waals surface area contributed by atoms with Gasteiger partial charge in [0.25, 0.3) is 0 Å². The second-order valence-corrected chi connectivity index (χ2v) is 5.67. The third-order valence-corrected chi connectivity index (χ3v) is 4.27. The van der Waals surface area contributed by atoms with Gasteiger partial charge in [0, 0.05) is 25.7 Å². The molecule has 0 radical (unpaired) electrons. The lowest BCUT2D eigenvalue weighted by Crippen LogP contribution is -2.33. The van der Waals surface area contributed by atoms with Crippen LogP contribution in [0.1, 0.15) is 0 Å². The third kappa shape index (κ3) is 2.28. The molecular formula is C10H14N2O3S. The van der Waals surface area contributed by atoms with Crippen molar-refractivity contribution in [1.29, 1.82) is 0 Å². The van der Waals surface area contributed by atoms with Crippen LogP contribution in [0, 0.1) is 0 Å². The van der Waals surface area contributed by atoms with Crippen LogP contribution in [0.2, 0.25) is 0 Å². The minimum atomic E-state index is -3.27. The van der Waals surface area contributed by atoms with Crippen LogP contribution in [0.5, 0.6) is 5.75 Å². The SMILES string of the molecule is O=S1(=O)CCNCCN1c1cccc(O)c1. The maximum atomic E-state index is 11.9. The molecule has 1 fully saturated rings. The fourth-order valence-corrected chi connectivity index (χ4v) is 3.12. The zero-order chi connectivity index (χ0) is 11.6. The summed E-state index contributed by atoms with van der Waals surface area (Å²) in [6.45, 7) is 1.48.